The van der Waals surface area contributed by atoms with Crippen LogP contribution in [0.1, 0.15) is 33.6 Å². The molecule has 3 rings (SSSR count). The summed E-state index contributed by atoms with van der Waals surface area (Å²) in [5, 5.41) is 36.4. The number of nitrogens with zero attached hydrogens (tertiary/aromatic N) is 1. The summed E-state index contributed by atoms with van der Waals surface area (Å²) in [6, 6.07) is 14.8. The van der Waals surface area contributed by atoms with Gasteiger partial charge in [0.25, 0.3) is 0 Å². The van der Waals surface area contributed by atoms with Crippen molar-refractivity contribution in [2.75, 3.05) is 13.1 Å². The second-order valence-corrected chi connectivity index (χ2v) is 9.63. The second kappa shape index (κ2) is 12.6. The van der Waals surface area contributed by atoms with Gasteiger partial charge in [0, 0.05) is 13.1 Å². The predicted molar refractivity (Wildman–Crippen MR) is 136 cm³/mol. The van der Waals surface area contributed by atoms with Crippen LogP contribution in [0.25, 0.3) is 0 Å². The molecule has 2 atom stereocenters. The van der Waals surface area contributed by atoms with Gasteiger partial charge >= 0.3 is 25.2 Å². The van der Waals surface area contributed by atoms with E-state index in [-0.39, 0.29) is 25.9 Å². The quantitative estimate of drug-likeness (QED) is 0.355. The first-order chi connectivity index (χ1) is 17.3. The monoisotopic (exact) mass is 516 g/mol. The maximum atomic E-state index is 12.1. The summed E-state index contributed by atoms with van der Waals surface area (Å²) in [6.07, 6.45) is -0.888. The van der Waals surface area contributed by atoms with Gasteiger partial charge in [-0.2, -0.15) is 0 Å². The van der Waals surface area contributed by atoms with Crippen molar-refractivity contribution in [1.82, 2.24) is 4.90 Å². The van der Waals surface area contributed by atoms with Gasteiger partial charge in [0.15, 0.2) is 0 Å². The van der Waals surface area contributed by atoms with E-state index in [2.05, 4.69) is 0 Å². The van der Waals surface area contributed by atoms with Crippen LogP contribution in [0, 0.1) is 5.41 Å². The van der Waals surface area contributed by atoms with Gasteiger partial charge in [-0.25, -0.2) is 9.59 Å². The van der Waals surface area contributed by atoms with Crippen LogP contribution in [-0.2, 0) is 14.3 Å². The Morgan fingerprint density at radius 3 is 2.05 bits per heavy atom. The van der Waals surface area contributed by atoms with Gasteiger partial charge in [-0.15, -0.1) is 0 Å². The molecule has 2 aromatic carbocycles. The van der Waals surface area contributed by atoms with E-state index in [0.29, 0.717) is 11.2 Å². The standard InChI is InChI=1S/C13H22N2O6.C12H11BO3/c1-12(2,3)21-11(20)15-5-4-13(7-14,10(18)19)6-8(15)9(16)17;14-13(15)10-6-8-12(9-7-10)16-11-4-2-1-3-5-11/h8H,4-7,14H2,1-3H3,(H,16,17)(H,18,19);1-9,14-15H. The number of hydrogen-bond acceptors (Lipinski definition) is 8. The smallest absolute Gasteiger partial charge is 0.481 e. The summed E-state index contributed by atoms with van der Waals surface area (Å²) in [4.78, 5) is 35.9. The molecule has 200 valence electrons. The van der Waals surface area contributed by atoms with Crippen molar-refractivity contribution in [2.24, 2.45) is 11.1 Å². The fraction of sp³-hybridized carbons (Fsp3) is 0.400. The normalized spacial score (nSPS) is 19.2. The summed E-state index contributed by atoms with van der Waals surface area (Å²) < 4.78 is 10.7. The Hall–Kier alpha value is -3.61. The molecule has 0 saturated carbocycles. The third kappa shape index (κ3) is 8.48. The largest absolute Gasteiger partial charge is 0.488 e. The summed E-state index contributed by atoms with van der Waals surface area (Å²) in [5.74, 6) is -0.991. The highest BCUT2D eigenvalue weighted by Gasteiger charge is 2.49. The van der Waals surface area contributed by atoms with Crippen molar-refractivity contribution in [3.63, 3.8) is 0 Å². The molecule has 6 N–H and O–H groups in total. The number of rotatable bonds is 6. The number of para-hydroxylation sites is 1. The lowest BCUT2D eigenvalue weighted by atomic mass is 9.75. The van der Waals surface area contributed by atoms with Crippen LogP contribution in [0.15, 0.2) is 54.6 Å². The summed E-state index contributed by atoms with van der Waals surface area (Å²) in [6.45, 7) is 4.83. The zero-order chi connectivity index (χ0) is 27.8. The minimum Gasteiger partial charge on any atom is -0.481 e. The number of carbonyl (C=O) groups excluding carboxylic acids is 1. The average Bonchev–Trinajstić information content (AvgIpc) is 2.83. The van der Waals surface area contributed by atoms with Crippen molar-refractivity contribution >= 4 is 30.6 Å². The Morgan fingerprint density at radius 1 is 1.03 bits per heavy atom. The van der Waals surface area contributed by atoms with Crippen LogP contribution in [0.2, 0.25) is 0 Å². The molecule has 11 nitrogen and oxygen atoms in total. The van der Waals surface area contributed by atoms with Crippen molar-refractivity contribution in [3.8, 4) is 11.5 Å². The van der Waals surface area contributed by atoms with Gasteiger partial charge in [-0.05, 0) is 63.3 Å². The van der Waals surface area contributed by atoms with Crippen molar-refractivity contribution in [2.45, 2.75) is 45.3 Å². The number of carboxylic acid groups (broad SMARTS) is 2. The van der Waals surface area contributed by atoms with E-state index in [0.717, 1.165) is 10.6 Å². The number of carboxylic acids is 2. The van der Waals surface area contributed by atoms with E-state index >= 15 is 0 Å². The molecule has 0 aliphatic carbocycles. The predicted octanol–water partition coefficient (Wildman–Crippen LogP) is 1.66. The molecule has 37 heavy (non-hydrogen) atoms. The molecule has 2 unspecified atom stereocenters. The topological polar surface area (TPSA) is 180 Å². The van der Waals surface area contributed by atoms with E-state index in [1.807, 2.05) is 30.3 Å². The van der Waals surface area contributed by atoms with Crippen LogP contribution < -0.4 is 15.9 Å². The van der Waals surface area contributed by atoms with Crippen LogP contribution in [-0.4, -0.2) is 75.0 Å². The third-order valence-electron chi connectivity index (χ3n) is 5.71. The molecule has 12 heteroatoms. The molecule has 1 saturated heterocycles. The molecule has 0 bridgehead atoms. The molecule has 2 aromatic rings. The van der Waals surface area contributed by atoms with Gasteiger partial charge in [0.2, 0.25) is 0 Å². The van der Waals surface area contributed by atoms with E-state index < -0.39 is 42.2 Å². The highest BCUT2D eigenvalue weighted by Crippen LogP contribution is 2.35. The van der Waals surface area contributed by atoms with E-state index in [9.17, 15) is 24.6 Å². The van der Waals surface area contributed by atoms with Crippen molar-refractivity contribution in [3.05, 3.63) is 54.6 Å². The molecule has 0 aromatic heterocycles. The first-order valence-electron chi connectivity index (χ1n) is 11.6. The second-order valence-electron chi connectivity index (χ2n) is 9.63. The Bertz CT molecular complexity index is 1060. The molecule has 1 aliphatic rings. The Kier molecular flexibility index (Phi) is 10.1. The lowest BCUT2D eigenvalue weighted by Gasteiger charge is -2.42. The van der Waals surface area contributed by atoms with Gasteiger partial charge in [0.05, 0.1) is 5.41 Å². The Morgan fingerprint density at radius 2 is 1.59 bits per heavy atom. The van der Waals surface area contributed by atoms with Crippen LogP contribution in [0.4, 0.5) is 4.79 Å². The zero-order valence-electron chi connectivity index (χ0n) is 21.0. The number of amides is 1. The summed E-state index contributed by atoms with van der Waals surface area (Å²) in [5.41, 5.74) is 3.89. The first-order valence-corrected chi connectivity index (χ1v) is 11.6. The molecule has 1 heterocycles. The molecule has 1 amide bonds. The molecular weight excluding hydrogens is 483 g/mol. The Balaban J connectivity index is 0.000000269. The van der Waals surface area contributed by atoms with E-state index in [1.165, 1.54) is 0 Å². The number of hydrogen-bond donors (Lipinski definition) is 5. The number of carbonyl (C=O) groups is 3. The van der Waals surface area contributed by atoms with Crippen molar-refractivity contribution in [1.29, 1.82) is 0 Å². The third-order valence-corrected chi connectivity index (χ3v) is 5.71. The highest BCUT2D eigenvalue weighted by atomic mass is 16.6. The van der Waals surface area contributed by atoms with Gasteiger partial charge in [-0.3, -0.25) is 9.69 Å². The van der Waals surface area contributed by atoms with Gasteiger partial charge in [-0.1, -0.05) is 30.3 Å². The number of benzene rings is 2. The van der Waals surface area contributed by atoms with Crippen LogP contribution >= 0.6 is 0 Å². The molecule has 1 aliphatic heterocycles. The highest BCUT2D eigenvalue weighted by molar-refractivity contribution is 6.58. The van der Waals surface area contributed by atoms with Gasteiger partial charge in [0.1, 0.15) is 23.1 Å². The van der Waals surface area contributed by atoms with E-state index in [1.54, 1.807) is 45.0 Å². The minimum atomic E-state index is -1.44. The number of ether oxygens (including phenoxy) is 2. The fourth-order valence-corrected chi connectivity index (χ4v) is 3.63. The number of aliphatic carboxylic acids is 2. The lowest BCUT2D eigenvalue weighted by molar-refractivity contribution is -0.157. The molecule has 1 fully saturated rings. The SMILES string of the molecule is CC(C)(C)OC(=O)N1CCC(CN)(C(=O)O)CC1C(=O)O.OB(O)c1ccc(Oc2ccccc2)cc1. The Labute approximate surface area is 215 Å². The maximum Gasteiger partial charge on any atom is 0.488 e. The van der Waals surface area contributed by atoms with Crippen LogP contribution in [0.5, 0.6) is 11.5 Å². The van der Waals surface area contributed by atoms with Crippen LogP contribution in [0.3, 0.4) is 0 Å². The lowest BCUT2D eigenvalue weighted by Crippen LogP contribution is -2.58. The maximum absolute atomic E-state index is 12.1. The summed E-state index contributed by atoms with van der Waals surface area (Å²) >= 11 is 0. The molecular formula is C25H33BN2O9. The molecule has 0 spiro atoms. The first kappa shape index (κ1) is 29.6. The molecule has 0 radical (unpaired) electrons. The number of piperidine rings is 1. The minimum absolute atomic E-state index is 0.0185. The number of likely N-dealkylation sites (tertiary alicyclic amines) is 1. The number of nitrogens with two attached hydrogens (primary N) is 1. The van der Waals surface area contributed by atoms with Gasteiger partial charge < -0.3 is 35.5 Å². The van der Waals surface area contributed by atoms with Crippen molar-refractivity contribution < 1.29 is 44.1 Å². The summed E-state index contributed by atoms with van der Waals surface area (Å²) in [7, 11) is -1.44. The fourth-order valence-electron chi connectivity index (χ4n) is 3.63. The zero-order valence-corrected chi connectivity index (χ0v) is 21.0. The average molecular weight is 516 g/mol. The van der Waals surface area contributed by atoms with E-state index in [4.69, 9.17) is 25.3 Å².